The summed E-state index contributed by atoms with van der Waals surface area (Å²) < 4.78 is 0. The smallest absolute Gasteiger partial charge is 0.326 e. The van der Waals surface area contributed by atoms with Crippen LogP contribution in [0.2, 0.25) is 0 Å². The predicted molar refractivity (Wildman–Crippen MR) is 183 cm³/mol. The number of hydrogen-bond acceptors (Lipinski definition) is 8. The first kappa shape index (κ1) is 37.8. The number of aliphatic carboxylic acids is 1. The molecule has 5 amide bonds. The van der Waals surface area contributed by atoms with Gasteiger partial charge < -0.3 is 41.7 Å². The standard InChI is InChI=1S/C36H48N6O8/c1-22(2)18-27(33(46)40-28(20-23-8-4-3-5-9-23)35(48)42-17-7-11-30(42)36(49)50)39-34(47)29-10-6-16-41(29)31(44)21-38-32(45)26(37)19-24-12-14-25(43)15-13-24/h3-5,8-9,12-15,22,26-30,43H,6-7,10-11,16-21,37H2,1-2H3,(H,38,45)(H,39,47)(H,40,46)(H,49,50)/t26-,27-,28-,29-,30-/m0/s1. The van der Waals surface area contributed by atoms with Gasteiger partial charge in [-0.2, -0.15) is 0 Å². The van der Waals surface area contributed by atoms with E-state index in [1.165, 1.54) is 21.9 Å². The van der Waals surface area contributed by atoms with Gasteiger partial charge in [0, 0.05) is 19.5 Å². The zero-order valence-electron chi connectivity index (χ0n) is 28.5. The Morgan fingerprint density at radius 3 is 2.06 bits per heavy atom. The van der Waals surface area contributed by atoms with Crippen molar-refractivity contribution in [1.82, 2.24) is 25.8 Å². The second-order valence-corrected chi connectivity index (χ2v) is 13.4. The molecule has 0 saturated carbocycles. The van der Waals surface area contributed by atoms with Crippen LogP contribution in [0.3, 0.4) is 0 Å². The van der Waals surface area contributed by atoms with Gasteiger partial charge in [-0.15, -0.1) is 0 Å². The third-order valence-corrected chi connectivity index (χ3v) is 9.08. The SMILES string of the molecule is CC(C)C[C@H](NC(=O)[C@@H]1CCCN1C(=O)CNC(=O)[C@@H](N)Cc1ccc(O)cc1)C(=O)N[C@@H](Cc1ccccc1)C(=O)N1CCC[C@H]1C(=O)O. The van der Waals surface area contributed by atoms with Crippen LogP contribution < -0.4 is 21.7 Å². The third-order valence-electron chi connectivity index (χ3n) is 9.08. The molecule has 0 aromatic heterocycles. The maximum atomic E-state index is 13.8. The molecule has 14 nitrogen and oxygen atoms in total. The lowest BCUT2D eigenvalue weighted by molar-refractivity contribution is -0.149. The van der Waals surface area contributed by atoms with E-state index in [2.05, 4.69) is 16.0 Å². The Labute approximate surface area is 291 Å². The number of nitrogens with zero attached hydrogens (tertiary/aromatic N) is 2. The molecule has 0 radical (unpaired) electrons. The summed E-state index contributed by atoms with van der Waals surface area (Å²) >= 11 is 0. The third kappa shape index (κ3) is 10.3. The minimum atomic E-state index is -1.10. The zero-order chi connectivity index (χ0) is 36.4. The Kier molecular flexibility index (Phi) is 13.3. The molecular formula is C36H48N6O8. The van der Waals surface area contributed by atoms with Crippen LogP contribution in [0.1, 0.15) is 57.1 Å². The summed E-state index contributed by atoms with van der Waals surface area (Å²) in [6.45, 7) is 3.97. The average Bonchev–Trinajstić information content (AvgIpc) is 3.78. The number of rotatable bonds is 15. The monoisotopic (exact) mass is 692 g/mol. The van der Waals surface area contributed by atoms with E-state index in [1.807, 2.05) is 44.2 Å². The molecule has 2 heterocycles. The number of amides is 5. The van der Waals surface area contributed by atoms with E-state index in [9.17, 15) is 39.0 Å². The molecular weight excluding hydrogens is 644 g/mol. The fourth-order valence-corrected chi connectivity index (χ4v) is 6.49. The van der Waals surface area contributed by atoms with E-state index in [4.69, 9.17) is 5.73 Å². The van der Waals surface area contributed by atoms with Gasteiger partial charge in [0.2, 0.25) is 29.5 Å². The van der Waals surface area contributed by atoms with Crippen LogP contribution in [-0.4, -0.2) is 105 Å². The summed E-state index contributed by atoms with van der Waals surface area (Å²) in [5.74, 6) is -3.65. The number of hydrogen-bond donors (Lipinski definition) is 6. The maximum absolute atomic E-state index is 13.8. The van der Waals surface area contributed by atoms with E-state index in [0.29, 0.717) is 32.2 Å². The van der Waals surface area contributed by atoms with Crippen LogP contribution in [0, 0.1) is 5.92 Å². The number of benzene rings is 2. The number of aromatic hydroxyl groups is 1. The van der Waals surface area contributed by atoms with E-state index in [1.54, 1.807) is 12.1 Å². The highest BCUT2D eigenvalue weighted by Crippen LogP contribution is 2.21. The van der Waals surface area contributed by atoms with Gasteiger partial charge in [-0.3, -0.25) is 24.0 Å². The summed E-state index contributed by atoms with van der Waals surface area (Å²) in [6, 6.07) is 10.5. The molecule has 2 fully saturated rings. The Morgan fingerprint density at radius 2 is 1.42 bits per heavy atom. The largest absolute Gasteiger partial charge is 0.508 e. The van der Waals surface area contributed by atoms with E-state index < -0.39 is 65.7 Å². The van der Waals surface area contributed by atoms with Crippen molar-refractivity contribution in [3.05, 3.63) is 65.7 Å². The minimum Gasteiger partial charge on any atom is -0.508 e. The number of phenolic OH excluding ortho intramolecular Hbond substituents is 1. The minimum absolute atomic E-state index is 0.0217. The van der Waals surface area contributed by atoms with Gasteiger partial charge in [0.15, 0.2) is 0 Å². The first-order valence-electron chi connectivity index (χ1n) is 17.1. The topological polar surface area (TPSA) is 211 Å². The molecule has 14 heteroatoms. The van der Waals surface area contributed by atoms with E-state index >= 15 is 0 Å². The van der Waals surface area contributed by atoms with Crippen molar-refractivity contribution in [1.29, 1.82) is 0 Å². The molecule has 0 aliphatic carbocycles. The van der Waals surface area contributed by atoms with Crippen LogP contribution >= 0.6 is 0 Å². The van der Waals surface area contributed by atoms with Crippen molar-refractivity contribution in [2.24, 2.45) is 11.7 Å². The highest BCUT2D eigenvalue weighted by Gasteiger charge is 2.40. The van der Waals surface area contributed by atoms with Gasteiger partial charge in [-0.1, -0.05) is 56.3 Å². The molecule has 5 atom stereocenters. The molecule has 2 aliphatic rings. The van der Waals surface area contributed by atoms with Crippen molar-refractivity contribution in [3.8, 4) is 5.75 Å². The van der Waals surface area contributed by atoms with Gasteiger partial charge in [-0.05, 0) is 67.7 Å². The molecule has 50 heavy (non-hydrogen) atoms. The van der Waals surface area contributed by atoms with E-state index in [0.717, 1.165) is 11.1 Å². The van der Waals surface area contributed by atoms with Crippen molar-refractivity contribution < 1.29 is 39.0 Å². The lowest BCUT2D eigenvalue weighted by Gasteiger charge is -2.30. The Bertz CT molecular complexity index is 1520. The molecule has 2 aromatic carbocycles. The van der Waals surface area contributed by atoms with Crippen LogP contribution in [0.5, 0.6) is 5.75 Å². The summed E-state index contributed by atoms with van der Waals surface area (Å²) in [4.78, 5) is 81.5. The molecule has 0 spiro atoms. The number of carbonyl (C=O) groups is 6. The van der Waals surface area contributed by atoms with Crippen molar-refractivity contribution in [2.45, 2.75) is 89.0 Å². The normalized spacial score (nSPS) is 19.0. The first-order chi connectivity index (χ1) is 23.8. The lowest BCUT2D eigenvalue weighted by Crippen LogP contribution is -2.58. The zero-order valence-corrected chi connectivity index (χ0v) is 28.5. The highest BCUT2D eigenvalue weighted by molar-refractivity contribution is 5.96. The van der Waals surface area contributed by atoms with Crippen LogP contribution in [0.15, 0.2) is 54.6 Å². The van der Waals surface area contributed by atoms with Gasteiger partial charge in [0.1, 0.15) is 29.9 Å². The summed E-state index contributed by atoms with van der Waals surface area (Å²) in [6.07, 6.45) is 2.35. The van der Waals surface area contributed by atoms with Gasteiger partial charge in [-0.25, -0.2) is 4.79 Å². The highest BCUT2D eigenvalue weighted by atomic mass is 16.4. The number of nitrogens with one attached hydrogen (secondary N) is 3. The predicted octanol–water partition coefficient (Wildman–Crippen LogP) is 0.703. The van der Waals surface area contributed by atoms with Crippen LogP contribution in [-0.2, 0) is 41.6 Å². The van der Waals surface area contributed by atoms with E-state index in [-0.39, 0.29) is 44.0 Å². The number of carboxylic acid groups (broad SMARTS) is 1. The second kappa shape index (κ2) is 17.6. The molecule has 4 rings (SSSR count). The summed E-state index contributed by atoms with van der Waals surface area (Å²) in [5, 5.41) is 27.3. The fraction of sp³-hybridized carbons (Fsp3) is 0.500. The average molecular weight is 693 g/mol. The summed E-state index contributed by atoms with van der Waals surface area (Å²) in [7, 11) is 0. The second-order valence-electron chi connectivity index (χ2n) is 13.4. The fourth-order valence-electron chi connectivity index (χ4n) is 6.49. The Hall–Kier alpha value is -4.98. The van der Waals surface area contributed by atoms with Gasteiger partial charge in [0.05, 0.1) is 12.6 Å². The molecule has 7 N–H and O–H groups in total. The van der Waals surface area contributed by atoms with Crippen LogP contribution in [0.4, 0.5) is 0 Å². The number of carbonyl (C=O) groups excluding carboxylic acids is 5. The molecule has 2 saturated heterocycles. The molecule has 2 aliphatic heterocycles. The number of nitrogens with two attached hydrogens (primary N) is 1. The number of carboxylic acids is 1. The van der Waals surface area contributed by atoms with Crippen molar-refractivity contribution >= 4 is 35.5 Å². The molecule has 270 valence electrons. The van der Waals surface area contributed by atoms with Crippen molar-refractivity contribution in [2.75, 3.05) is 19.6 Å². The maximum Gasteiger partial charge on any atom is 0.326 e. The number of likely N-dealkylation sites (tertiary alicyclic amines) is 2. The molecule has 0 bridgehead atoms. The van der Waals surface area contributed by atoms with Gasteiger partial charge in [0.25, 0.3) is 0 Å². The summed E-state index contributed by atoms with van der Waals surface area (Å²) in [5.41, 5.74) is 7.54. The molecule has 2 aromatic rings. The Balaban J connectivity index is 1.40. The molecule has 0 unspecified atom stereocenters. The Morgan fingerprint density at radius 1 is 0.800 bits per heavy atom. The van der Waals surface area contributed by atoms with Gasteiger partial charge >= 0.3 is 5.97 Å². The lowest BCUT2D eigenvalue weighted by atomic mass is 10.00. The van der Waals surface area contributed by atoms with Crippen molar-refractivity contribution in [3.63, 3.8) is 0 Å². The number of phenols is 1. The quantitative estimate of drug-likeness (QED) is 0.155. The van der Waals surface area contributed by atoms with Crippen LogP contribution in [0.25, 0.3) is 0 Å². The first-order valence-corrected chi connectivity index (χ1v) is 17.1.